The summed E-state index contributed by atoms with van der Waals surface area (Å²) in [6.45, 7) is 2.87. The van der Waals surface area contributed by atoms with Crippen molar-refractivity contribution >= 4 is 12.1 Å². The molecule has 2 rings (SSSR count). The molecule has 0 unspecified atom stereocenters. The lowest BCUT2D eigenvalue weighted by Crippen LogP contribution is -2.17. The monoisotopic (exact) mass is 354 g/mol. The van der Waals surface area contributed by atoms with E-state index in [0.717, 1.165) is 17.7 Å². The molecule has 5 nitrogen and oxygen atoms in total. The Hall–Kier alpha value is -2.82. The van der Waals surface area contributed by atoms with Gasteiger partial charge in [0, 0.05) is 11.1 Å². The fourth-order valence-corrected chi connectivity index (χ4v) is 2.40. The zero-order chi connectivity index (χ0) is 18.6. The van der Waals surface area contributed by atoms with Crippen molar-refractivity contribution in [2.45, 2.75) is 32.6 Å². The van der Waals surface area contributed by atoms with Crippen molar-refractivity contribution in [3.8, 4) is 11.5 Å². The molecule has 0 heterocycles. The topological polar surface area (TPSA) is 59.9 Å². The zero-order valence-electron chi connectivity index (χ0n) is 15.4. The van der Waals surface area contributed by atoms with Gasteiger partial charge in [-0.2, -0.15) is 5.10 Å². The van der Waals surface area contributed by atoms with Crippen molar-refractivity contribution in [2.75, 3.05) is 13.7 Å². The minimum atomic E-state index is -0.276. The van der Waals surface area contributed by atoms with E-state index in [4.69, 9.17) is 9.47 Å². The molecule has 0 radical (unpaired) electrons. The summed E-state index contributed by atoms with van der Waals surface area (Å²) in [6.07, 6.45) is 6.24. The SMILES string of the molecule is CCCCCCOc1ccccc1/C=N/NC(=O)c1ccc(OC)cc1. The van der Waals surface area contributed by atoms with E-state index >= 15 is 0 Å². The fourth-order valence-electron chi connectivity index (χ4n) is 2.40. The van der Waals surface area contributed by atoms with Crippen LogP contribution in [0.3, 0.4) is 0 Å². The second kappa shape index (κ2) is 10.9. The Morgan fingerprint density at radius 2 is 1.85 bits per heavy atom. The Labute approximate surface area is 155 Å². The molecule has 0 fully saturated rings. The van der Waals surface area contributed by atoms with Crippen molar-refractivity contribution in [1.29, 1.82) is 0 Å². The summed E-state index contributed by atoms with van der Waals surface area (Å²) in [5.41, 5.74) is 3.88. The number of methoxy groups -OCH3 is 1. The van der Waals surface area contributed by atoms with Gasteiger partial charge in [-0.3, -0.25) is 4.79 Å². The summed E-state index contributed by atoms with van der Waals surface area (Å²) < 4.78 is 10.9. The highest BCUT2D eigenvalue weighted by Crippen LogP contribution is 2.16. The number of rotatable bonds is 10. The van der Waals surface area contributed by atoms with Crippen LogP contribution in [0.25, 0.3) is 0 Å². The van der Waals surface area contributed by atoms with Gasteiger partial charge in [0.25, 0.3) is 5.91 Å². The molecular weight excluding hydrogens is 328 g/mol. The van der Waals surface area contributed by atoms with Gasteiger partial charge in [-0.05, 0) is 42.8 Å². The molecule has 5 heteroatoms. The molecule has 0 saturated carbocycles. The zero-order valence-corrected chi connectivity index (χ0v) is 15.4. The van der Waals surface area contributed by atoms with Gasteiger partial charge in [0.15, 0.2) is 0 Å². The maximum atomic E-state index is 12.1. The van der Waals surface area contributed by atoms with Crippen LogP contribution >= 0.6 is 0 Å². The number of hydrogen-bond donors (Lipinski definition) is 1. The normalized spacial score (nSPS) is 10.7. The van der Waals surface area contributed by atoms with E-state index in [2.05, 4.69) is 17.5 Å². The van der Waals surface area contributed by atoms with Crippen LogP contribution in [0.15, 0.2) is 53.6 Å². The van der Waals surface area contributed by atoms with Crippen molar-refractivity contribution in [3.05, 3.63) is 59.7 Å². The number of para-hydroxylation sites is 1. The van der Waals surface area contributed by atoms with Gasteiger partial charge in [-0.25, -0.2) is 5.43 Å². The fraction of sp³-hybridized carbons (Fsp3) is 0.333. The summed E-state index contributed by atoms with van der Waals surface area (Å²) in [4.78, 5) is 12.1. The Morgan fingerprint density at radius 1 is 1.08 bits per heavy atom. The molecule has 0 bridgehead atoms. The molecule has 0 aliphatic rings. The van der Waals surface area contributed by atoms with Crippen LogP contribution in [-0.4, -0.2) is 25.8 Å². The van der Waals surface area contributed by atoms with Crippen molar-refractivity contribution in [3.63, 3.8) is 0 Å². The highest BCUT2D eigenvalue weighted by molar-refractivity contribution is 5.95. The molecule has 0 atom stereocenters. The average Bonchev–Trinajstić information content (AvgIpc) is 2.69. The quantitative estimate of drug-likeness (QED) is 0.390. The lowest BCUT2D eigenvalue weighted by atomic mass is 10.2. The molecule has 0 spiro atoms. The van der Waals surface area contributed by atoms with Crippen LogP contribution in [0.5, 0.6) is 11.5 Å². The Morgan fingerprint density at radius 3 is 2.58 bits per heavy atom. The molecule has 2 aromatic rings. The lowest BCUT2D eigenvalue weighted by molar-refractivity contribution is 0.0955. The second-order valence-electron chi connectivity index (χ2n) is 5.87. The van der Waals surface area contributed by atoms with Gasteiger partial charge in [0.05, 0.1) is 19.9 Å². The van der Waals surface area contributed by atoms with Crippen LogP contribution < -0.4 is 14.9 Å². The molecular formula is C21H26N2O3. The first kappa shape index (κ1) is 19.5. The number of ether oxygens (including phenoxy) is 2. The molecule has 1 amide bonds. The van der Waals surface area contributed by atoms with E-state index in [-0.39, 0.29) is 5.91 Å². The predicted molar refractivity (Wildman–Crippen MR) is 104 cm³/mol. The largest absolute Gasteiger partial charge is 0.497 e. The average molecular weight is 354 g/mol. The molecule has 0 aliphatic carbocycles. The van der Waals surface area contributed by atoms with Gasteiger partial charge in [-0.1, -0.05) is 38.3 Å². The van der Waals surface area contributed by atoms with Gasteiger partial charge < -0.3 is 9.47 Å². The first-order chi connectivity index (χ1) is 12.7. The van der Waals surface area contributed by atoms with Crippen molar-refractivity contribution in [2.24, 2.45) is 5.10 Å². The number of hydrogen-bond acceptors (Lipinski definition) is 4. The van der Waals surface area contributed by atoms with Gasteiger partial charge in [0.1, 0.15) is 11.5 Å². The molecule has 1 N–H and O–H groups in total. The Balaban J connectivity index is 1.89. The summed E-state index contributed by atoms with van der Waals surface area (Å²) >= 11 is 0. The van der Waals surface area contributed by atoms with Gasteiger partial charge >= 0.3 is 0 Å². The van der Waals surface area contributed by atoms with Crippen LogP contribution in [0, 0.1) is 0 Å². The number of carbonyl (C=O) groups excluding carboxylic acids is 1. The third-order valence-corrected chi connectivity index (χ3v) is 3.90. The predicted octanol–water partition coefficient (Wildman–Crippen LogP) is 4.42. The molecule has 138 valence electrons. The summed E-state index contributed by atoms with van der Waals surface area (Å²) in [7, 11) is 1.59. The van der Waals surface area contributed by atoms with E-state index in [0.29, 0.717) is 17.9 Å². The van der Waals surface area contributed by atoms with Crippen LogP contribution in [0.1, 0.15) is 48.5 Å². The second-order valence-corrected chi connectivity index (χ2v) is 5.87. The van der Waals surface area contributed by atoms with E-state index in [1.165, 1.54) is 19.3 Å². The molecule has 0 aromatic heterocycles. The molecule has 0 saturated heterocycles. The van der Waals surface area contributed by atoms with Crippen LogP contribution in [0.4, 0.5) is 0 Å². The van der Waals surface area contributed by atoms with Crippen LogP contribution in [0.2, 0.25) is 0 Å². The van der Waals surface area contributed by atoms with Gasteiger partial charge in [0.2, 0.25) is 0 Å². The smallest absolute Gasteiger partial charge is 0.271 e. The van der Waals surface area contributed by atoms with Crippen molar-refractivity contribution < 1.29 is 14.3 Å². The molecule has 2 aromatic carbocycles. The summed E-state index contributed by atoms with van der Waals surface area (Å²) in [5.74, 6) is 1.20. The third kappa shape index (κ3) is 6.24. The standard InChI is InChI=1S/C21H26N2O3/c1-3-4-5-8-15-26-20-10-7-6-9-18(20)16-22-23-21(24)17-11-13-19(25-2)14-12-17/h6-7,9-14,16H,3-5,8,15H2,1-2H3,(H,23,24)/b22-16+. The maximum absolute atomic E-state index is 12.1. The highest BCUT2D eigenvalue weighted by Gasteiger charge is 2.05. The number of amides is 1. The molecule has 26 heavy (non-hydrogen) atoms. The van der Waals surface area contributed by atoms with Crippen LogP contribution in [-0.2, 0) is 0 Å². The summed E-state index contributed by atoms with van der Waals surface area (Å²) in [5, 5.41) is 4.04. The first-order valence-electron chi connectivity index (χ1n) is 8.94. The van der Waals surface area contributed by atoms with Crippen molar-refractivity contribution in [1.82, 2.24) is 5.43 Å². The van der Waals surface area contributed by atoms with E-state index in [1.807, 2.05) is 24.3 Å². The number of hydrazone groups is 1. The lowest BCUT2D eigenvalue weighted by Gasteiger charge is -2.08. The minimum Gasteiger partial charge on any atom is -0.497 e. The Bertz CT molecular complexity index is 711. The highest BCUT2D eigenvalue weighted by atomic mass is 16.5. The number of nitrogens with one attached hydrogen (secondary N) is 1. The first-order valence-corrected chi connectivity index (χ1v) is 8.94. The number of carbonyl (C=O) groups is 1. The van der Waals surface area contributed by atoms with E-state index in [1.54, 1.807) is 37.6 Å². The Kier molecular flexibility index (Phi) is 8.19. The third-order valence-electron chi connectivity index (χ3n) is 3.90. The maximum Gasteiger partial charge on any atom is 0.271 e. The minimum absolute atomic E-state index is 0.276. The number of unbranched alkanes of at least 4 members (excludes halogenated alkanes) is 3. The number of benzene rings is 2. The van der Waals surface area contributed by atoms with Gasteiger partial charge in [-0.15, -0.1) is 0 Å². The van der Waals surface area contributed by atoms with E-state index < -0.39 is 0 Å². The molecule has 0 aliphatic heterocycles. The number of nitrogens with zero attached hydrogens (tertiary/aromatic N) is 1. The van der Waals surface area contributed by atoms with E-state index in [9.17, 15) is 4.79 Å². The summed E-state index contributed by atoms with van der Waals surface area (Å²) in [6, 6.07) is 14.5.